The summed E-state index contributed by atoms with van der Waals surface area (Å²) >= 11 is 5.92. The number of anilines is 1. The lowest BCUT2D eigenvalue weighted by Gasteiger charge is -2.38. The zero-order valence-electron chi connectivity index (χ0n) is 16.5. The Hall–Kier alpha value is -2.86. The number of hydrogen-bond donors (Lipinski definition) is 0. The molecule has 4 rings (SSSR count). The summed E-state index contributed by atoms with van der Waals surface area (Å²) in [5, 5.41) is 0.634. The van der Waals surface area contributed by atoms with Gasteiger partial charge in [-0.15, -0.1) is 0 Å². The van der Waals surface area contributed by atoms with Crippen LogP contribution in [0.2, 0.25) is 5.02 Å². The molecule has 0 N–H and O–H groups in total. The van der Waals surface area contributed by atoms with Gasteiger partial charge in [0.25, 0.3) is 5.91 Å². The van der Waals surface area contributed by atoms with E-state index in [1.54, 1.807) is 44.3 Å². The second-order valence-corrected chi connectivity index (χ2v) is 8.00. The number of ether oxygens (including phenoxy) is 1. The Balaban J connectivity index is 1.40. The van der Waals surface area contributed by atoms with E-state index in [2.05, 4.69) is 9.88 Å². The van der Waals surface area contributed by atoms with Gasteiger partial charge in [-0.05, 0) is 50.2 Å². The molecule has 2 aromatic carbocycles. The van der Waals surface area contributed by atoms with Crippen LogP contribution in [0.15, 0.2) is 54.7 Å². The van der Waals surface area contributed by atoms with Gasteiger partial charge in [0.15, 0.2) is 5.60 Å². The SMILES string of the molecule is CC(C)(Oc1ccc(Cl)cc1)C(=O)N1CCN(c2cnc3ccccc3n2)CC1. The minimum atomic E-state index is -0.960. The number of halogens is 1. The number of piperazine rings is 1. The number of hydrogen-bond acceptors (Lipinski definition) is 5. The van der Waals surface area contributed by atoms with Gasteiger partial charge in [0, 0.05) is 31.2 Å². The molecule has 1 aliphatic heterocycles. The maximum absolute atomic E-state index is 13.0. The van der Waals surface area contributed by atoms with Crippen molar-refractivity contribution in [3.63, 3.8) is 0 Å². The quantitative estimate of drug-likeness (QED) is 0.655. The highest BCUT2D eigenvalue weighted by molar-refractivity contribution is 6.30. The number of benzene rings is 2. The first-order chi connectivity index (χ1) is 13.9. The third-order valence-corrected chi connectivity index (χ3v) is 5.28. The fourth-order valence-electron chi connectivity index (χ4n) is 3.46. The van der Waals surface area contributed by atoms with Crippen LogP contribution in [0.4, 0.5) is 5.82 Å². The summed E-state index contributed by atoms with van der Waals surface area (Å²) < 4.78 is 5.95. The molecule has 2 heterocycles. The van der Waals surface area contributed by atoms with Crippen LogP contribution in [0.3, 0.4) is 0 Å². The fourth-order valence-corrected chi connectivity index (χ4v) is 3.59. The van der Waals surface area contributed by atoms with E-state index in [1.807, 2.05) is 29.2 Å². The molecule has 1 aliphatic rings. The second kappa shape index (κ2) is 7.87. The Labute approximate surface area is 175 Å². The highest BCUT2D eigenvalue weighted by atomic mass is 35.5. The van der Waals surface area contributed by atoms with Crippen molar-refractivity contribution in [1.29, 1.82) is 0 Å². The van der Waals surface area contributed by atoms with Crippen LogP contribution in [0, 0.1) is 0 Å². The number of carbonyl (C=O) groups excluding carboxylic acids is 1. The molecule has 1 saturated heterocycles. The average Bonchev–Trinajstić information content (AvgIpc) is 2.74. The van der Waals surface area contributed by atoms with Crippen LogP contribution in [-0.2, 0) is 4.79 Å². The van der Waals surface area contributed by atoms with Crippen molar-refractivity contribution in [2.24, 2.45) is 0 Å². The largest absolute Gasteiger partial charge is 0.478 e. The zero-order valence-corrected chi connectivity index (χ0v) is 17.3. The van der Waals surface area contributed by atoms with Crippen LogP contribution in [0.1, 0.15) is 13.8 Å². The van der Waals surface area contributed by atoms with Crippen molar-refractivity contribution < 1.29 is 9.53 Å². The molecular weight excluding hydrogens is 388 g/mol. The van der Waals surface area contributed by atoms with E-state index in [0.29, 0.717) is 37.0 Å². The monoisotopic (exact) mass is 410 g/mol. The number of amides is 1. The smallest absolute Gasteiger partial charge is 0.266 e. The van der Waals surface area contributed by atoms with Crippen molar-refractivity contribution in [2.45, 2.75) is 19.4 Å². The molecule has 0 saturated carbocycles. The number of carbonyl (C=O) groups is 1. The van der Waals surface area contributed by atoms with Gasteiger partial charge in [0.1, 0.15) is 11.6 Å². The van der Waals surface area contributed by atoms with Crippen molar-refractivity contribution in [1.82, 2.24) is 14.9 Å². The summed E-state index contributed by atoms with van der Waals surface area (Å²) in [5.74, 6) is 1.43. The lowest BCUT2D eigenvalue weighted by molar-refractivity contribution is -0.145. The summed E-state index contributed by atoms with van der Waals surface area (Å²) in [5.41, 5.74) is 0.797. The van der Waals surface area contributed by atoms with E-state index in [9.17, 15) is 4.79 Å². The van der Waals surface area contributed by atoms with Gasteiger partial charge in [0.05, 0.1) is 17.2 Å². The van der Waals surface area contributed by atoms with Crippen LogP contribution in [-0.4, -0.2) is 52.6 Å². The van der Waals surface area contributed by atoms with Crippen LogP contribution in [0.5, 0.6) is 5.75 Å². The Morgan fingerprint density at radius 3 is 2.34 bits per heavy atom. The number of aromatic nitrogens is 2. The first-order valence-corrected chi connectivity index (χ1v) is 10.0. The minimum absolute atomic E-state index is 0.0308. The summed E-state index contributed by atoms with van der Waals surface area (Å²) in [4.78, 5) is 26.2. The van der Waals surface area contributed by atoms with Crippen molar-refractivity contribution >= 4 is 34.4 Å². The molecule has 6 nitrogen and oxygen atoms in total. The lowest BCUT2D eigenvalue weighted by atomic mass is 10.1. The molecule has 3 aromatic rings. The predicted molar refractivity (Wildman–Crippen MR) is 114 cm³/mol. The van der Waals surface area contributed by atoms with Gasteiger partial charge < -0.3 is 14.5 Å². The molecule has 0 atom stereocenters. The lowest BCUT2D eigenvalue weighted by Crippen LogP contribution is -2.56. The molecule has 1 fully saturated rings. The number of para-hydroxylation sites is 2. The number of nitrogens with zero attached hydrogens (tertiary/aromatic N) is 4. The highest BCUT2D eigenvalue weighted by Crippen LogP contribution is 2.24. The molecule has 1 aromatic heterocycles. The first-order valence-electron chi connectivity index (χ1n) is 9.63. The van der Waals surface area contributed by atoms with Crippen molar-refractivity contribution in [3.8, 4) is 5.75 Å². The molecule has 150 valence electrons. The fraction of sp³-hybridized carbons (Fsp3) is 0.318. The van der Waals surface area contributed by atoms with Gasteiger partial charge in [0.2, 0.25) is 0 Å². The van der Waals surface area contributed by atoms with E-state index >= 15 is 0 Å². The number of rotatable bonds is 4. The minimum Gasteiger partial charge on any atom is -0.478 e. The molecule has 7 heteroatoms. The third kappa shape index (κ3) is 4.27. The summed E-state index contributed by atoms with van der Waals surface area (Å²) in [6, 6.07) is 14.9. The maximum atomic E-state index is 13.0. The second-order valence-electron chi connectivity index (χ2n) is 7.56. The summed E-state index contributed by atoms with van der Waals surface area (Å²) in [6.07, 6.45) is 1.80. The topological polar surface area (TPSA) is 58.6 Å². The summed E-state index contributed by atoms with van der Waals surface area (Å²) in [6.45, 7) is 6.23. The van der Waals surface area contributed by atoms with Crippen molar-refractivity contribution in [3.05, 3.63) is 59.8 Å². The van der Waals surface area contributed by atoms with Gasteiger partial charge in [-0.25, -0.2) is 4.98 Å². The van der Waals surface area contributed by atoms with Crippen LogP contribution in [0.25, 0.3) is 11.0 Å². The molecule has 0 aliphatic carbocycles. The first kappa shape index (κ1) is 19.5. The Kier molecular flexibility index (Phi) is 5.28. The van der Waals surface area contributed by atoms with Crippen LogP contribution >= 0.6 is 11.6 Å². The van der Waals surface area contributed by atoms with Crippen LogP contribution < -0.4 is 9.64 Å². The maximum Gasteiger partial charge on any atom is 0.266 e. The molecule has 0 unspecified atom stereocenters. The Morgan fingerprint density at radius 2 is 1.66 bits per heavy atom. The summed E-state index contributed by atoms with van der Waals surface area (Å²) in [7, 11) is 0. The van der Waals surface area contributed by atoms with Gasteiger partial charge in [-0.2, -0.15) is 0 Å². The van der Waals surface area contributed by atoms with Gasteiger partial charge >= 0.3 is 0 Å². The Bertz CT molecular complexity index is 1010. The van der Waals surface area contributed by atoms with E-state index in [4.69, 9.17) is 21.3 Å². The van der Waals surface area contributed by atoms with E-state index < -0.39 is 5.60 Å². The predicted octanol–water partition coefficient (Wildman–Crippen LogP) is 3.79. The Morgan fingerprint density at radius 1 is 1.00 bits per heavy atom. The molecule has 0 bridgehead atoms. The standard InChI is InChI=1S/C22H23ClN4O2/c1-22(2,29-17-9-7-16(23)8-10-17)21(28)27-13-11-26(12-14-27)20-15-24-18-5-3-4-6-19(18)25-20/h3-10,15H,11-14H2,1-2H3. The van der Waals surface area contributed by atoms with Gasteiger partial charge in [-0.3, -0.25) is 9.78 Å². The molecular formula is C22H23ClN4O2. The molecule has 1 amide bonds. The van der Waals surface area contributed by atoms with Gasteiger partial charge in [-0.1, -0.05) is 23.7 Å². The number of fused-ring (bicyclic) bond motifs is 1. The third-order valence-electron chi connectivity index (χ3n) is 5.03. The molecule has 0 spiro atoms. The van der Waals surface area contributed by atoms with E-state index in [0.717, 1.165) is 16.9 Å². The zero-order chi connectivity index (χ0) is 20.4. The van der Waals surface area contributed by atoms with Crippen molar-refractivity contribution in [2.75, 3.05) is 31.1 Å². The highest BCUT2D eigenvalue weighted by Gasteiger charge is 2.36. The van der Waals surface area contributed by atoms with E-state index in [-0.39, 0.29) is 5.91 Å². The average molecular weight is 411 g/mol. The molecule has 29 heavy (non-hydrogen) atoms. The molecule has 0 radical (unpaired) electrons. The van der Waals surface area contributed by atoms with E-state index in [1.165, 1.54) is 0 Å². The normalized spacial score (nSPS) is 14.9.